The van der Waals surface area contributed by atoms with Gasteiger partial charge in [-0.25, -0.2) is 13.2 Å². The lowest BCUT2D eigenvalue weighted by Crippen LogP contribution is -2.21. The van der Waals surface area contributed by atoms with E-state index in [4.69, 9.17) is 12.2 Å². The molecule has 0 bridgehead atoms. The number of hydrogen-bond acceptors (Lipinski definition) is 3. The summed E-state index contributed by atoms with van der Waals surface area (Å²) >= 11 is 6.37. The molecule has 0 saturated heterocycles. The van der Waals surface area contributed by atoms with Crippen LogP contribution < -0.4 is 5.32 Å². The number of nitrogens with zero attached hydrogens (tertiary/aromatic N) is 1. The van der Waals surface area contributed by atoms with Gasteiger partial charge in [0.15, 0.2) is 0 Å². The van der Waals surface area contributed by atoms with Crippen LogP contribution in [0.4, 0.5) is 8.78 Å². The first kappa shape index (κ1) is 12.1. The van der Waals surface area contributed by atoms with Crippen molar-refractivity contribution in [3.05, 3.63) is 52.5 Å². The zero-order chi connectivity index (χ0) is 12.3. The molecule has 0 unspecified atom stereocenters. The van der Waals surface area contributed by atoms with Gasteiger partial charge in [-0.05, 0) is 23.7 Å². The number of halogens is 2. The largest absolute Gasteiger partial charge is 0.371 e. The second kappa shape index (κ2) is 5.29. The molecular formula is C11H8F2N2S2. The first-order valence-corrected chi connectivity index (χ1v) is 5.98. The molecule has 0 aliphatic rings. The van der Waals surface area contributed by atoms with Crippen LogP contribution in [0.1, 0.15) is 10.4 Å². The van der Waals surface area contributed by atoms with Crippen LogP contribution >= 0.6 is 23.8 Å². The van der Waals surface area contributed by atoms with E-state index in [-0.39, 0.29) is 6.54 Å². The van der Waals surface area contributed by atoms with Gasteiger partial charge in [0, 0.05) is 24.4 Å². The van der Waals surface area contributed by atoms with Gasteiger partial charge < -0.3 is 5.32 Å². The summed E-state index contributed by atoms with van der Waals surface area (Å²) in [4.78, 5) is 1.33. The molecule has 0 radical (unpaired) electrons. The average Bonchev–Trinajstić information content (AvgIpc) is 2.81. The van der Waals surface area contributed by atoms with Crippen molar-refractivity contribution in [2.45, 2.75) is 6.54 Å². The van der Waals surface area contributed by atoms with Gasteiger partial charge in [0.05, 0.1) is 4.88 Å². The molecule has 1 aromatic carbocycles. The molecule has 2 nitrogen and oxygen atoms in total. The lowest BCUT2D eigenvalue weighted by molar-refractivity contribution is 0.570. The molecule has 1 N–H and O–H groups in total. The Balaban J connectivity index is 2.01. The minimum Gasteiger partial charge on any atom is -0.371 e. The first-order chi connectivity index (χ1) is 8.16. The second-order valence-corrected chi connectivity index (χ2v) is 4.54. The van der Waals surface area contributed by atoms with Crippen molar-refractivity contribution in [3.63, 3.8) is 0 Å². The first-order valence-electron chi connectivity index (χ1n) is 4.79. The Morgan fingerprint density at radius 3 is 2.82 bits per heavy atom. The molecule has 0 spiro atoms. The Morgan fingerprint density at radius 1 is 1.35 bits per heavy atom. The fraction of sp³-hybridized carbons (Fsp3) is 0.0909. The number of hydrogen-bond donors (Lipinski definition) is 1. The third-order valence-corrected chi connectivity index (χ3v) is 3.37. The number of rotatable bonds is 3. The predicted molar refractivity (Wildman–Crippen MR) is 67.0 cm³/mol. The van der Waals surface area contributed by atoms with E-state index in [0.29, 0.717) is 10.6 Å². The van der Waals surface area contributed by atoms with Gasteiger partial charge in [-0.15, -0.1) is 0 Å². The molecule has 0 aliphatic carbocycles. The van der Waals surface area contributed by atoms with E-state index in [0.717, 1.165) is 10.9 Å². The summed E-state index contributed by atoms with van der Waals surface area (Å²) in [6.45, 7) is 0.225. The van der Waals surface area contributed by atoms with Crippen molar-refractivity contribution >= 4 is 28.7 Å². The summed E-state index contributed by atoms with van der Waals surface area (Å²) in [6.07, 6.45) is 1.65. The number of benzene rings is 1. The maximum absolute atomic E-state index is 13.3. The summed E-state index contributed by atoms with van der Waals surface area (Å²) in [5.74, 6) is -1.17. The van der Waals surface area contributed by atoms with Gasteiger partial charge in [0.2, 0.25) is 0 Å². The van der Waals surface area contributed by atoms with Crippen molar-refractivity contribution in [3.8, 4) is 0 Å². The highest BCUT2D eigenvalue weighted by Crippen LogP contribution is 2.10. The highest BCUT2D eigenvalue weighted by Gasteiger charge is 2.06. The van der Waals surface area contributed by atoms with Crippen LogP contribution in [0.25, 0.3) is 0 Å². The Morgan fingerprint density at radius 2 is 2.18 bits per heavy atom. The van der Waals surface area contributed by atoms with Crippen molar-refractivity contribution in [1.82, 2.24) is 9.69 Å². The van der Waals surface area contributed by atoms with Gasteiger partial charge >= 0.3 is 0 Å². The van der Waals surface area contributed by atoms with Crippen LogP contribution in [-0.2, 0) is 6.54 Å². The molecule has 2 rings (SSSR count). The predicted octanol–water partition coefficient (Wildman–Crippen LogP) is 2.89. The Labute approximate surface area is 106 Å². The zero-order valence-corrected chi connectivity index (χ0v) is 10.2. The number of thiocarbonyl (C=S) groups is 1. The molecule has 0 fully saturated rings. The van der Waals surface area contributed by atoms with Crippen LogP contribution in [0.5, 0.6) is 0 Å². The Bertz CT molecular complexity index is 526. The summed E-state index contributed by atoms with van der Waals surface area (Å²) in [5, 5.41) is 2.90. The van der Waals surface area contributed by atoms with Gasteiger partial charge in [-0.2, -0.15) is 0 Å². The summed E-state index contributed by atoms with van der Waals surface area (Å²) < 4.78 is 29.9. The molecule has 0 saturated carbocycles. The zero-order valence-electron chi connectivity index (χ0n) is 8.61. The Hall–Kier alpha value is -1.40. The summed E-state index contributed by atoms with van der Waals surface area (Å²) in [7, 11) is 0. The maximum atomic E-state index is 13.3. The van der Waals surface area contributed by atoms with E-state index in [9.17, 15) is 8.78 Å². The van der Waals surface area contributed by atoms with E-state index in [1.807, 2.05) is 0 Å². The van der Waals surface area contributed by atoms with Crippen LogP contribution in [0.2, 0.25) is 0 Å². The van der Waals surface area contributed by atoms with Crippen molar-refractivity contribution < 1.29 is 8.78 Å². The lowest BCUT2D eigenvalue weighted by atomic mass is 10.2. The fourth-order valence-electron chi connectivity index (χ4n) is 1.26. The highest BCUT2D eigenvalue weighted by molar-refractivity contribution is 7.81. The molecule has 0 aliphatic heterocycles. The SMILES string of the molecule is Fc1ccc(CNC(=S)c2ccns2)c(F)c1. The minimum absolute atomic E-state index is 0.225. The highest BCUT2D eigenvalue weighted by atomic mass is 32.1. The van der Waals surface area contributed by atoms with Crippen molar-refractivity contribution in [1.29, 1.82) is 0 Å². The van der Waals surface area contributed by atoms with Crippen LogP contribution in [0.3, 0.4) is 0 Å². The van der Waals surface area contributed by atoms with E-state index >= 15 is 0 Å². The van der Waals surface area contributed by atoms with E-state index in [2.05, 4.69) is 9.69 Å². The molecule has 0 atom stereocenters. The molecule has 1 aromatic heterocycles. The van der Waals surface area contributed by atoms with Gasteiger partial charge in [0.1, 0.15) is 16.6 Å². The third kappa shape index (κ3) is 3.04. The quantitative estimate of drug-likeness (QED) is 0.868. The van der Waals surface area contributed by atoms with Gasteiger partial charge in [-0.1, -0.05) is 18.3 Å². The molecular weight excluding hydrogens is 262 g/mol. The van der Waals surface area contributed by atoms with Crippen LogP contribution in [0.15, 0.2) is 30.5 Å². The van der Waals surface area contributed by atoms with Gasteiger partial charge in [0.25, 0.3) is 0 Å². The molecule has 17 heavy (non-hydrogen) atoms. The molecule has 0 amide bonds. The van der Waals surface area contributed by atoms with Crippen molar-refractivity contribution in [2.75, 3.05) is 0 Å². The summed E-state index contributed by atoms with van der Waals surface area (Å²) in [6, 6.07) is 5.25. The average molecular weight is 270 g/mol. The standard InChI is InChI=1S/C11H8F2N2S2/c12-8-2-1-7(9(13)5-8)6-14-11(16)10-3-4-15-17-10/h1-5H,6H2,(H,14,16). The normalized spacial score (nSPS) is 10.2. The molecule has 6 heteroatoms. The monoisotopic (exact) mass is 270 g/mol. The topological polar surface area (TPSA) is 24.9 Å². The fourth-order valence-corrected chi connectivity index (χ4v) is 2.02. The second-order valence-electron chi connectivity index (χ2n) is 3.30. The summed E-state index contributed by atoms with van der Waals surface area (Å²) in [5.41, 5.74) is 0.373. The van der Waals surface area contributed by atoms with E-state index in [1.54, 1.807) is 12.3 Å². The maximum Gasteiger partial charge on any atom is 0.131 e. The number of nitrogens with one attached hydrogen (secondary N) is 1. The van der Waals surface area contributed by atoms with E-state index in [1.165, 1.54) is 23.7 Å². The molecule has 1 heterocycles. The minimum atomic E-state index is -0.587. The Kier molecular flexibility index (Phi) is 3.75. The molecule has 2 aromatic rings. The smallest absolute Gasteiger partial charge is 0.131 e. The third-order valence-electron chi connectivity index (χ3n) is 2.12. The number of aromatic nitrogens is 1. The van der Waals surface area contributed by atoms with Gasteiger partial charge in [-0.3, -0.25) is 0 Å². The lowest BCUT2D eigenvalue weighted by Gasteiger charge is -2.06. The van der Waals surface area contributed by atoms with Crippen LogP contribution in [0, 0.1) is 11.6 Å². The molecule has 88 valence electrons. The van der Waals surface area contributed by atoms with Crippen LogP contribution in [-0.4, -0.2) is 9.36 Å². The van der Waals surface area contributed by atoms with E-state index < -0.39 is 11.6 Å². The van der Waals surface area contributed by atoms with Crippen molar-refractivity contribution in [2.24, 2.45) is 0 Å².